The molecule has 0 amide bonds. The molecule has 9 heteroatoms. The molecule has 3 aromatic rings. The van der Waals surface area contributed by atoms with E-state index >= 15 is 0 Å². The van der Waals surface area contributed by atoms with Crippen molar-refractivity contribution in [3.05, 3.63) is 48.2 Å². The number of fused-ring (bicyclic) bond motifs is 1. The van der Waals surface area contributed by atoms with Gasteiger partial charge >= 0.3 is 5.97 Å². The molecule has 0 radical (unpaired) electrons. The van der Waals surface area contributed by atoms with E-state index in [0.717, 1.165) is 35.4 Å². The van der Waals surface area contributed by atoms with Gasteiger partial charge < -0.3 is 24.1 Å². The third kappa shape index (κ3) is 4.32. The van der Waals surface area contributed by atoms with Crippen molar-refractivity contribution in [2.24, 2.45) is 10.3 Å². The number of benzene rings is 2. The van der Waals surface area contributed by atoms with Crippen LogP contribution in [-0.4, -0.2) is 63.0 Å². The number of nitrogens with zero attached hydrogens (tertiary/aromatic N) is 4. The third-order valence-corrected chi connectivity index (χ3v) is 5.41. The zero-order valence-corrected chi connectivity index (χ0v) is 18.5. The number of aromatic amines is 1. The van der Waals surface area contributed by atoms with Crippen LogP contribution in [-0.2, 0) is 4.74 Å². The molecular formula is C23H27N5O4. The zero-order valence-electron chi connectivity index (χ0n) is 18.5. The lowest BCUT2D eigenvalue weighted by molar-refractivity contribution is 0.0521. The fourth-order valence-electron chi connectivity index (χ4n) is 3.76. The van der Waals surface area contributed by atoms with Crippen molar-refractivity contribution in [2.75, 3.05) is 51.9 Å². The van der Waals surface area contributed by atoms with Gasteiger partial charge in [-0.25, -0.2) is 4.79 Å². The molecule has 1 aliphatic heterocycles. The smallest absolute Gasteiger partial charge is 0.357 e. The molecule has 2 aromatic carbocycles. The first-order valence-electron chi connectivity index (χ1n) is 10.6. The monoisotopic (exact) mass is 437 g/mol. The van der Waals surface area contributed by atoms with Gasteiger partial charge in [-0.2, -0.15) is 0 Å². The molecule has 0 spiro atoms. The first kappa shape index (κ1) is 21.5. The summed E-state index contributed by atoms with van der Waals surface area (Å²) in [7, 11) is 3.28. The normalized spacial score (nSPS) is 14.2. The second kappa shape index (κ2) is 9.59. The highest BCUT2D eigenvalue weighted by Crippen LogP contribution is 2.34. The van der Waals surface area contributed by atoms with Gasteiger partial charge in [-0.05, 0) is 37.3 Å². The van der Waals surface area contributed by atoms with Crippen LogP contribution in [0.25, 0.3) is 10.9 Å². The summed E-state index contributed by atoms with van der Waals surface area (Å²) in [4.78, 5) is 17.9. The van der Waals surface area contributed by atoms with Crippen LogP contribution in [0.5, 0.6) is 11.5 Å². The number of anilines is 1. The van der Waals surface area contributed by atoms with E-state index in [1.807, 2.05) is 41.4 Å². The number of ether oxygens (including phenoxy) is 3. The van der Waals surface area contributed by atoms with Crippen LogP contribution in [0.15, 0.2) is 52.8 Å². The molecule has 1 aliphatic rings. The maximum absolute atomic E-state index is 12.5. The Morgan fingerprint density at radius 3 is 2.56 bits per heavy atom. The van der Waals surface area contributed by atoms with E-state index in [1.54, 1.807) is 21.1 Å². The molecule has 0 unspecified atom stereocenters. The minimum absolute atomic E-state index is 0.277. The summed E-state index contributed by atoms with van der Waals surface area (Å²) in [5.41, 5.74) is 2.57. The van der Waals surface area contributed by atoms with Crippen molar-refractivity contribution in [1.82, 2.24) is 9.99 Å². The van der Waals surface area contributed by atoms with Crippen LogP contribution in [0.1, 0.15) is 17.4 Å². The number of esters is 1. The summed E-state index contributed by atoms with van der Waals surface area (Å²) < 4.78 is 16.0. The summed E-state index contributed by atoms with van der Waals surface area (Å²) >= 11 is 0. The van der Waals surface area contributed by atoms with E-state index in [-0.39, 0.29) is 12.3 Å². The number of aromatic nitrogens is 1. The fraction of sp³-hybridized carbons (Fsp3) is 0.348. The Hall–Kier alpha value is -3.75. The minimum Gasteiger partial charge on any atom is -0.497 e. The van der Waals surface area contributed by atoms with Crippen LogP contribution in [0.2, 0.25) is 0 Å². The fourth-order valence-corrected chi connectivity index (χ4v) is 3.76. The molecular weight excluding hydrogens is 410 g/mol. The number of nitrogens with one attached hydrogen (secondary N) is 1. The predicted molar refractivity (Wildman–Crippen MR) is 122 cm³/mol. The summed E-state index contributed by atoms with van der Waals surface area (Å²) in [6.45, 7) is 5.01. The van der Waals surface area contributed by atoms with Crippen molar-refractivity contribution in [3.63, 3.8) is 0 Å². The third-order valence-electron chi connectivity index (χ3n) is 5.41. The maximum Gasteiger partial charge on any atom is 0.357 e. The highest BCUT2D eigenvalue weighted by atomic mass is 16.5. The molecule has 1 N–H and O–H groups in total. The number of methoxy groups -OCH3 is 2. The number of hydrogen-bond donors (Lipinski definition) is 1. The van der Waals surface area contributed by atoms with Crippen molar-refractivity contribution in [2.45, 2.75) is 6.92 Å². The number of rotatable bonds is 7. The topological polar surface area (TPSA) is 91.8 Å². The van der Waals surface area contributed by atoms with Gasteiger partial charge in [0.25, 0.3) is 0 Å². The summed E-state index contributed by atoms with van der Waals surface area (Å²) in [5, 5.41) is 11.5. The number of carbonyl (C=O) groups excluding carboxylic acids is 1. The molecule has 1 aromatic heterocycles. The van der Waals surface area contributed by atoms with Gasteiger partial charge in [0.2, 0.25) is 0 Å². The Kier molecular flexibility index (Phi) is 6.44. The van der Waals surface area contributed by atoms with Crippen molar-refractivity contribution in [1.29, 1.82) is 0 Å². The van der Waals surface area contributed by atoms with E-state index in [4.69, 9.17) is 14.2 Å². The molecule has 168 valence electrons. The van der Waals surface area contributed by atoms with Gasteiger partial charge in [-0.3, -0.25) is 5.01 Å². The van der Waals surface area contributed by atoms with E-state index in [1.165, 1.54) is 0 Å². The summed E-state index contributed by atoms with van der Waals surface area (Å²) in [6.07, 6.45) is 0. The number of H-pyrrole nitrogens is 1. The first-order chi connectivity index (χ1) is 15.6. The van der Waals surface area contributed by atoms with Gasteiger partial charge in [0, 0.05) is 24.0 Å². The van der Waals surface area contributed by atoms with Gasteiger partial charge in [0.05, 0.1) is 39.6 Å². The molecule has 9 nitrogen and oxygen atoms in total. The van der Waals surface area contributed by atoms with Crippen LogP contribution in [0, 0.1) is 0 Å². The lowest BCUT2D eigenvalue weighted by atomic mass is 10.2. The lowest BCUT2D eigenvalue weighted by Crippen LogP contribution is -2.44. The molecule has 2 heterocycles. The van der Waals surface area contributed by atoms with Crippen LogP contribution < -0.4 is 14.4 Å². The summed E-state index contributed by atoms with van der Waals surface area (Å²) in [6, 6.07) is 13.5. The highest BCUT2D eigenvalue weighted by Gasteiger charge is 2.22. The molecule has 4 rings (SSSR count). The van der Waals surface area contributed by atoms with Crippen LogP contribution in [0.3, 0.4) is 0 Å². The van der Waals surface area contributed by atoms with Gasteiger partial charge in [-0.15, -0.1) is 5.11 Å². The first-order valence-corrected chi connectivity index (χ1v) is 10.6. The molecule has 32 heavy (non-hydrogen) atoms. The Labute approximate surface area is 186 Å². The summed E-state index contributed by atoms with van der Waals surface area (Å²) in [5.74, 6) is 1.07. The van der Waals surface area contributed by atoms with E-state index in [2.05, 4.69) is 26.3 Å². The van der Waals surface area contributed by atoms with Gasteiger partial charge in [-0.1, -0.05) is 17.4 Å². The molecule has 1 saturated heterocycles. The molecule has 0 bridgehead atoms. The maximum atomic E-state index is 12.5. The number of para-hydroxylation sites is 2. The van der Waals surface area contributed by atoms with Crippen LogP contribution >= 0.6 is 0 Å². The SMILES string of the molecule is CCOC(=O)c1[nH]c2ccc(OC)cc2c1N=NN1CCN(c2ccccc2OC)CC1. The van der Waals surface area contributed by atoms with E-state index in [9.17, 15) is 4.79 Å². The molecule has 0 atom stereocenters. The molecule has 1 fully saturated rings. The Morgan fingerprint density at radius 1 is 1.06 bits per heavy atom. The Bertz CT molecular complexity index is 1120. The average molecular weight is 438 g/mol. The number of hydrogen-bond acceptors (Lipinski definition) is 7. The minimum atomic E-state index is -0.461. The lowest BCUT2D eigenvalue weighted by Gasteiger charge is -2.34. The molecule has 0 saturated carbocycles. The van der Waals surface area contributed by atoms with Gasteiger partial charge in [0.15, 0.2) is 5.69 Å². The van der Waals surface area contributed by atoms with Crippen molar-refractivity contribution in [3.8, 4) is 11.5 Å². The Morgan fingerprint density at radius 2 is 1.84 bits per heavy atom. The van der Waals surface area contributed by atoms with Gasteiger partial charge in [0.1, 0.15) is 17.2 Å². The van der Waals surface area contributed by atoms with E-state index < -0.39 is 5.97 Å². The second-order valence-corrected chi connectivity index (χ2v) is 7.28. The standard InChI is InChI=1S/C23H27N5O4/c1-4-32-23(29)22-21(17-15-16(30-2)9-10-18(17)24-22)25-26-28-13-11-27(12-14-28)19-7-5-6-8-20(19)31-3/h5-10,15,24H,4,11-14H2,1-3H3. The average Bonchev–Trinajstić information content (AvgIpc) is 3.21. The number of piperazine rings is 1. The van der Waals surface area contributed by atoms with Crippen LogP contribution in [0.4, 0.5) is 11.4 Å². The second-order valence-electron chi connectivity index (χ2n) is 7.28. The highest BCUT2D eigenvalue weighted by molar-refractivity contribution is 6.05. The quantitative estimate of drug-likeness (QED) is 0.440. The predicted octanol–water partition coefficient (Wildman–Crippen LogP) is 4.18. The zero-order chi connectivity index (χ0) is 22.5. The van der Waals surface area contributed by atoms with Crippen molar-refractivity contribution >= 4 is 28.2 Å². The Balaban J connectivity index is 1.55. The number of carbonyl (C=O) groups is 1. The van der Waals surface area contributed by atoms with E-state index in [0.29, 0.717) is 24.5 Å². The van der Waals surface area contributed by atoms with Crippen molar-refractivity contribution < 1.29 is 19.0 Å². The molecule has 0 aliphatic carbocycles. The largest absolute Gasteiger partial charge is 0.497 e.